The minimum Gasteiger partial charge on any atom is -0.378 e. The van der Waals surface area contributed by atoms with Crippen LogP contribution in [-0.4, -0.2) is 61.8 Å². The number of nitrogens with one attached hydrogen (secondary N) is 1. The largest absolute Gasteiger partial charge is 0.378 e. The maximum absolute atomic E-state index is 12.5. The number of carbonyl (C=O) groups excluding carboxylic acids is 2. The minimum atomic E-state index is -0.498. The molecule has 2 heterocycles. The van der Waals surface area contributed by atoms with Crippen molar-refractivity contribution in [2.24, 2.45) is 5.73 Å². The molecule has 0 aliphatic carbocycles. The summed E-state index contributed by atoms with van der Waals surface area (Å²) in [5.41, 5.74) is 6.51. The minimum absolute atomic E-state index is 0. The highest BCUT2D eigenvalue weighted by Gasteiger charge is 2.30. The van der Waals surface area contributed by atoms with Crippen LogP contribution in [0.5, 0.6) is 0 Å². The summed E-state index contributed by atoms with van der Waals surface area (Å²) in [5.74, 6) is -0.352. The average Bonchev–Trinajstić information content (AvgIpc) is 3.11. The number of halogens is 2. The first-order valence-corrected chi connectivity index (χ1v) is 8.79. The summed E-state index contributed by atoms with van der Waals surface area (Å²) in [5, 5.41) is 3.09. The molecule has 144 valence electrons. The standard InChI is InChI=1S/C17H22ClN3O4.ClH/c18-14-9-11(20-16(22)15-4-2-12(10-19)25-15)1-3-13(14)17(23)21-5-7-24-8-6-21;/h1,3,9,12,15H,2,4-8,10,19H2,(H,20,22);1H/t12-,15+;/m1./s1. The summed E-state index contributed by atoms with van der Waals surface area (Å²) in [6, 6.07) is 4.89. The van der Waals surface area contributed by atoms with Crippen molar-refractivity contribution in [2.75, 3.05) is 38.2 Å². The second kappa shape index (κ2) is 9.53. The zero-order chi connectivity index (χ0) is 17.8. The topological polar surface area (TPSA) is 93.9 Å². The van der Waals surface area contributed by atoms with Gasteiger partial charge in [0.15, 0.2) is 0 Å². The van der Waals surface area contributed by atoms with Crippen LogP contribution >= 0.6 is 24.0 Å². The van der Waals surface area contributed by atoms with Gasteiger partial charge < -0.3 is 25.4 Å². The number of hydrogen-bond acceptors (Lipinski definition) is 5. The molecule has 0 bridgehead atoms. The van der Waals surface area contributed by atoms with Gasteiger partial charge in [-0.15, -0.1) is 12.4 Å². The van der Waals surface area contributed by atoms with Crippen molar-refractivity contribution in [2.45, 2.75) is 25.0 Å². The zero-order valence-corrected chi connectivity index (χ0v) is 15.9. The van der Waals surface area contributed by atoms with Crippen LogP contribution in [0, 0.1) is 0 Å². The fraction of sp³-hybridized carbons (Fsp3) is 0.529. The molecule has 0 spiro atoms. The summed E-state index contributed by atoms with van der Waals surface area (Å²) < 4.78 is 10.8. The molecule has 0 aromatic heterocycles. The van der Waals surface area contributed by atoms with Gasteiger partial charge in [0.1, 0.15) is 6.10 Å². The molecular weight excluding hydrogens is 381 g/mol. The fourth-order valence-electron chi connectivity index (χ4n) is 3.00. The SMILES string of the molecule is Cl.NC[C@H]1CC[C@@H](C(=O)Nc2ccc(C(=O)N3CCOCC3)c(Cl)c2)O1. The summed E-state index contributed by atoms with van der Waals surface area (Å²) in [7, 11) is 0. The molecule has 2 amide bonds. The lowest BCUT2D eigenvalue weighted by molar-refractivity contribution is -0.126. The van der Waals surface area contributed by atoms with Crippen molar-refractivity contribution in [3.05, 3.63) is 28.8 Å². The highest BCUT2D eigenvalue weighted by atomic mass is 35.5. The van der Waals surface area contributed by atoms with Crippen molar-refractivity contribution >= 4 is 41.5 Å². The van der Waals surface area contributed by atoms with Gasteiger partial charge >= 0.3 is 0 Å². The van der Waals surface area contributed by atoms with Crippen molar-refractivity contribution in [3.63, 3.8) is 0 Å². The Hall–Kier alpha value is -1.38. The number of ether oxygens (including phenoxy) is 2. The van der Waals surface area contributed by atoms with E-state index >= 15 is 0 Å². The number of nitrogens with zero attached hydrogens (tertiary/aromatic N) is 1. The van der Waals surface area contributed by atoms with Crippen LogP contribution in [-0.2, 0) is 14.3 Å². The molecule has 26 heavy (non-hydrogen) atoms. The molecule has 9 heteroatoms. The van der Waals surface area contributed by atoms with Crippen molar-refractivity contribution < 1.29 is 19.1 Å². The van der Waals surface area contributed by atoms with Crippen molar-refractivity contribution in [1.29, 1.82) is 0 Å². The van der Waals surface area contributed by atoms with Gasteiger partial charge in [0.25, 0.3) is 11.8 Å². The molecule has 0 unspecified atom stereocenters. The number of anilines is 1. The lowest BCUT2D eigenvalue weighted by Crippen LogP contribution is -2.40. The third kappa shape index (κ3) is 4.86. The van der Waals surface area contributed by atoms with E-state index in [0.29, 0.717) is 55.5 Å². The number of nitrogens with two attached hydrogens (primary N) is 1. The molecule has 2 atom stereocenters. The Labute approximate surface area is 163 Å². The van der Waals surface area contributed by atoms with E-state index in [-0.39, 0.29) is 30.3 Å². The molecule has 0 saturated carbocycles. The molecule has 0 radical (unpaired) electrons. The van der Waals surface area contributed by atoms with E-state index in [1.807, 2.05) is 0 Å². The van der Waals surface area contributed by atoms with Crippen LogP contribution in [0.4, 0.5) is 5.69 Å². The predicted octanol–water partition coefficient (Wildman–Crippen LogP) is 1.68. The number of morpholine rings is 1. The van der Waals surface area contributed by atoms with Gasteiger partial charge in [-0.2, -0.15) is 0 Å². The Bertz CT molecular complexity index is 653. The molecule has 2 aliphatic rings. The molecular formula is C17H23Cl2N3O4. The number of hydrogen-bond donors (Lipinski definition) is 2. The maximum atomic E-state index is 12.5. The lowest BCUT2D eigenvalue weighted by Gasteiger charge is -2.27. The molecule has 2 fully saturated rings. The van der Waals surface area contributed by atoms with Crippen molar-refractivity contribution in [3.8, 4) is 0 Å². The van der Waals surface area contributed by atoms with Gasteiger partial charge in [-0.3, -0.25) is 9.59 Å². The quantitative estimate of drug-likeness (QED) is 0.797. The summed E-state index contributed by atoms with van der Waals surface area (Å²) in [6.07, 6.45) is 0.868. The Morgan fingerprint density at radius 2 is 2.00 bits per heavy atom. The first-order valence-electron chi connectivity index (χ1n) is 8.41. The molecule has 7 nitrogen and oxygen atoms in total. The van der Waals surface area contributed by atoms with Crippen LogP contribution in [0.15, 0.2) is 18.2 Å². The van der Waals surface area contributed by atoms with Gasteiger partial charge in [-0.1, -0.05) is 11.6 Å². The first-order chi connectivity index (χ1) is 12.1. The van der Waals surface area contributed by atoms with E-state index in [2.05, 4.69) is 5.32 Å². The molecule has 3 rings (SSSR count). The normalized spacial score (nSPS) is 22.6. The monoisotopic (exact) mass is 403 g/mol. The van der Waals surface area contributed by atoms with E-state index in [1.165, 1.54) is 0 Å². The van der Waals surface area contributed by atoms with Crippen LogP contribution in [0.3, 0.4) is 0 Å². The highest BCUT2D eigenvalue weighted by molar-refractivity contribution is 6.34. The Morgan fingerprint density at radius 3 is 2.62 bits per heavy atom. The predicted molar refractivity (Wildman–Crippen MR) is 101 cm³/mol. The third-order valence-electron chi connectivity index (χ3n) is 4.43. The van der Waals surface area contributed by atoms with Crippen molar-refractivity contribution in [1.82, 2.24) is 4.90 Å². The number of benzene rings is 1. The Kier molecular flexibility index (Phi) is 7.67. The Balaban J connectivity index is 0.00000243. The smallest absolute Gasteiger partial charge is 0.255 e. The first kappa shape index (κ1) is 20.9. The van der Waals surface area contributed by atoms with Crippen LogP contribution in [0.2, 0.25) is 5.02 Å². The van der Waals surface area contributed by atoms with E-state index < -0.39 is 6.10 Å². The average molecular weight is 404 g/mol. The van der Waals surface area contributed by atoms with Crippen LogP contribution < -0.4 is 11.1 Å². The second-order valence-electron chi connectivity index (χ2n) is 6.15. The van der Waals surface area contributed by atoms with Gasteiger partial charge in [0, 0.05) is 25.3 Å². The molecule has 1 aromatic rings. The summed E-state index contributed by atoms with van der Waals surface area (Å²) in [6.45, 7) is 2.57. The molecule has 2 aliphatic heterocycles. The molecule has 2 saturated heterocycles. The number of amides is 2. The van der Waals surface area contributed by atoms with Gasteiger partial charge in [0.05, 0.1) is 29.9 Å². The van der Waals surface area contributed by atoms with E-state index in [4.69, 9.17) is 26.8 Å². The summed E-state index contributed by atoms with van der Waals surface area (Å²) >= 11 is 6.25. The molecule has 3 N–H and O–H groups in total. The third-order valence-corrected chi connectivity index (χ3v) is 4.74. The van der Waals surface area contributed by atoms with E-state index in [1.54, 1.807) is 23.1 Å². The lowest BCUT2D eigenvalue weighted by atomic mass is 10.1. The van der Waals surface area contributed by atoms with Gasteiger partial charge in [-0.05, 0) is 31.0 Å². The van der Waals surface area contributed by atoms with Crippen LogP contribution in [0.1, 0.15) is 23.2 Å². The van der Waals surface area contributed by atoms with E-state index in [0.717, 1.165) is 6.42 Å². The second-order valence-corrected chi connectivity index (χ2v) is 6.56. The highest BCUT2D eigenvalue weighted by Crippen LogP contribution is 2.25. The Morgan fingerprint density at radius 1 is 1.27 bits per heavy atom. The van der Waals surface area contributed by atoms with Gasteiger partial charge in [-0.25, -0.2) is 0 Å². The fourth-order valence-corrected chi connectivity index (χ4v) is 3.26. The van der Waals surface area contributed by atoms with Gasteiger partial charge in [0.2, 0.25) is 0 Å². The zero-order valence-electron chi connectivity index (χ0n) is 14.3. The number of rotatable bonds is 4. The summed E-state index contributed by atoms with van der Waals surface area (Å²) in [4.78, 5) is 26.5. The van der Waals surface area contributed by atoms with E-state index in [9.17, 15) is 9.59 Å². The van der Waals surface area contributed by atoms with Crippen LogP contribution in [0.25, 0.3) is 0 Å². The molecule has 1 aromatic carbocycles. The maximum Gasteiger partial charge on any atom is 0.255 e. The number of carbonyl (C=O) groups is 2.